The molecule has 5 rings (SSSR count). The van der Waals surface area contributed by atoms with Gasteiger partial charge < -0.3 is 5.11 Å². The summed E-state index contributed by atoms with van der Waals surface area (Å²) in [6.07, 6.45) is -5.93. The number of nitrogens with zero attached hydrogens (tertiary/aromatic N) is 3. The molecule has 0 spiro atoms. The summed E-state index contributed by atoms with van der Waals surface area (Å²) in [5.41, 5.74) is 0.900. The molecular weight excluding hydrogens is 441 g/mol. The van der Waals surface area contributed by atoms with Crippen molar-refractivity contribution in [2.75, 3.05) is 0 Å². The monoisotopic (exact) mass is 459 g/mol. The highest BCUT2D eigenvalue weighted by molar-refractivity contribution is 5.70. The number of hydrogen-bond donors (Lipinski definition) is 1. The largest absolute Gasteiger partial charge is 0.382 e. The van der Waals surface area contributed by atoms with E-state index in [0.717, 1.165) is 12.1 Å². The Labute approximate surface area is 185 Å². The van der Waals surface area contributed by atoms with Crippen LogP contribution in [0.15, 0.2) is 36.5 Å². The molecule has 170 valence electrons. The Morgan fingerprint density at radius 3 is 2.58 bits per heavy atom. The van der Waals surface area contributed by atoms with Gasteiger partial charge in [-0.1, -0.05) is 12.1 Å². The Balaban J connectivity index is 1.77. The Hall–Kier alpha value is -3.25. The topological polar surface area (TPSA) is 61.8 Å². The van der Waals surface area contributed by atoms with Gasteiger partial charge in [0.15, 0.2) is 6.17 Å². The molecule has 4 nitrogen and oxygen atoms in total. The van der Waals surface area contributed by atoms with E-state index >= 15 is 0 Å². The Bertz CT molecular complexity index is 1310. The van der Waals surface area contributed by atoms with Crippen LogP contribution in [0.25, 0.3) is 11.3 Å². The summed E-state index contributed by atoms with van der Waals surface area (Å²) < 4.78 is 74.3. The Kier molecular flexibility index (Phi) is 4.83. The van der Waals surface area contributed by atoms with E-state index in [2.05, 4.69) is 5.10 Å². The normalized spacial score (nSPS) is 25.4. The molecule has 3 aromatic rings. The van der Waals surface area contributed by atoms with E-state index in [9.17, 15) is 32.3 Å². The van der Waals surface area contributed by atoms with Crippen molar-refractivity contribution in [1.82, 2.24) is 9.78 Å². The summed E-state index contributed by atoms with van der Waals surface area (Å²) in [4.78, 5) is 0. The third-order valence-corrected chi connectivity index (χ3v) is 6.67. The highest BCUT2D eigenvalue weighted by Gasteiger charge is 2.50. The van der Waals surface area contributed by atoms with E-state index in [1.807, 2.05) is 6.07 Å². The van der Waals surface area contributed by atoms with Crippen LogP contribution in [0, 0.1) is 17.1 Å². The number of aliphatic hydroxyl groups excluding tert-OH is 1. The van der Waals surface area contributed by atoms with Crippen LogP contribution in [-0.2, 0) is 13.5 Å². The van der Waals surface area contributed by atoms with E-state index in [0.29, 0.717) is 11.3 Å². The second kappa shape index (κ2) is 7.39. The maximum Gasteiger partial charge on any atom is 0.281 e. The number of aromatic nitrogens is 2. The molecule has 1 aromatic heterocycles. The lowest BCUT2D eigenvalue weighted by molar-refractivity contribution is -0.0966. The Morgan fingerprint density at radius 2 is 1.91 bits per heavy atom. The maximum atomic E-state index is 14.7. The summed E-state index contributed by atoms with van der Waals surface area (Å²) in [6, 6.07) is 8.32. The van der Waals surface area contributed by atoms with Crippen molar-refractivity contribution in [3.05, 3.63) is 75.7 Å². The average Bonchev–Trinajstić information content (AvgIpc) is 3.30. The summed E-state index contributed by atoms with van der Waals surface area (Å²) in [6.45, 7) is 0. The van der Waals surface area contributed by atoms with Crippen molar-refractivity contribution in [3.8, 4) is 17.3 Å². The third-order valence-electron chi connectivity index (χ3n) is 6.67. The van der Waals surface area contributed by atoms with E-state index in [-0.39, 0.29) is 33.4 Å². The van der Waals surface area contributed by atoms with E-state index in [4.69, 9.17) is 0 Å². The van der Waals surface area contributed by atoms with E-state index < -0.39 is 48.9 Å². The molecule has 2 aliphatic rings. The SMILES string of the molecule is Cn1nccc1-c1ccc([C@H]2C[C@H](F)[C@H](F)c3cc(F)cc(C#N)c32)c2c1[C@H](O)C(F)(F)C2. The van der Waals surface area contributed by atoms with Crippen molar-refractivity contribution in [2.45, 2.75) is 43.1 Å². The van der Waals surface area contributed by atoms with E-state index in [1.54, 1.807) is 25.2 Å². The average molecular weight is 459 g/mol. The smallest absolute Gasteiger partial charge is 0.281 e. The van der Waals surface area contributed by atoms with Gasteiger partial charge >= 0.3 is 0 Å². The third kappa shape index (κ3) is 3.16. The molecule has 2 aliphatic carbocycles. The van der Waals surface area contributed by atoms with Gasteiger partial charge in [-0.05, 0) is 52.4 Å². The first kappa shape index (κ1) is 21.6. The van der Waals surface area contributed by atoms with Gasteiger partial charge in [-0.2, -0.15) is 10.4 Å². The predicted octanol–water partition coefficient (Wildman–Crippen LogP) is 5.21. The van der Waals surface area contributed by atoms with Gasteiger partial charge in [-0.25, -0.2) is 22.0 Å². The number of aliphatic hydroxyl groups is 1. The molecule has 9 heteroatoms. The van der Waals surface area contributed by atoms with Crippen molar-refractivity contribution >= 4 is 0 Å². The molecule has 1 heterocycles. The number of nitriles is 1. The van der Waals surface area contributed by atoms with Crippen LogP contribution < -0.4 is 0 Å². The predicted molar refractivity (Wildman–Crippen MR) is 109 cm³/mol. The molecule has 0 saturated heterocycles. The summed E-state index contributed by atoms with van der Waals surface area (Å²) >= 11 is 0. The zero-order valence-electron chi connectivity index (χ0n) is 17.4. The second-order valence-corrected chi connectivity index (χ2v) is 8.55. The van der Waals surface area contributed by atoms with Gasteiger partial charge in [-0.15, -0.1) is 0 Å². The maximum absolute atomic E-state index is 14.7. The molecule has 0 aliphatic heterocycles. The molecule has 33 heavy (non-hydrogen) atoms. The van der Waals surface area contributed by atoms with E-state index in [1.165, 1.54) is 10.9 Å². The highest BCUT2D eigenvalue weighted by Crippen LogP contribution is 2.53. The van der Waals surface area contributed by atoms with Crippen LogP contribution in [0.5, 0.6) is 0 Å². The number of halogens is 5. The summed E-state index contributed by atoms with van der Waals surface area (Å²) in [7, 11) is 1.63. The first-order valence-electron chi connectivity index (χ1n) is 10.4. The first-order valence-corrected chi connectivity index (χ1v) is 10.4. The number of aryl methyl sites for hydroxylation is 1. The van der Waals surface area contributed by atoms with Gasteiger partial charge in [0.2, 0.25) is 0 Å². The molecule has 0 amide bonds. The van der Waals surface area contributed by atoms with Crippen LogP contribution in [0.3, 0.4) is 0 Å². The number of fused-ring (bicyclic) bond motifs is 2. The van der Waals surface area contributed by atoms with Crippen LogP contribution >= 0.6 is 0 Å². The number of rotatable bonds is 2. The lowest BCUT2D eigenvalue weighted by Crippen LogP contribution is -2.25. The number of alkyl halides is 4. The minimum Gasteiger partial charge on any atom is -0.382 e. The van der Waals surface area contributed by atoms with Crippen molar-refractivity contribution in [3.63, 3.8) is 0 Å². The van der Waals surface area contributed by atoms with Crippen molar-refractivity contribution < 1.29 is 27.1 Å². The van der Waals surface area contributed by atoms with Gasteiger partial charge in [-0.3, -0.25) is 4.68 Å². The van der Waals surface area contributed by atoms with Crippen molar-refractivity contribution in [2.24, 2.45) is 7.05 Å². The first-order chi connectivity index (χ1) is 15.6. The summed E-state index contributed by atoms with van der Waals surface area (Å²) in [5, 5.41) is 24.1. The zero-order valence-corrected chi connectivity index (χ0v) is 17.4. The Morgan fingerprint density at radius 1 is 1.15 bits per heavy atom. The van der Waals surface area contributed by atoms with Crippen molar-refractivity contribution in [1.29, 1.82) is 5.26 Å². The number of hydrogen-bond acceptors (Lipinski definition) is 3. The summed E-state index contributed by atoms with van der Waals surface area (Å²) in [5.74, 6) is -5.30. The quantitative estimate of drug-likeness (QED) is 0.536. The molecule has 0 bridgehead atoms. The molecule has 0 saturated carbocycles. The minimum absolute atomic E-state index is 0.000972. The van der Waals surface area contributed by atoms with Crippen LogP contribution in [0.2, 0.25) is 0 Å². The molecule has 0 radical (unpaired) electrons. The fourth-order valence-electron chi connectivity index (χ4n) is 5.21. The lowest BCUT2D eigenvalue weighted by Gasteiger charge is -2.33. The van der Waals surface area contributed by atoms with Gasteiger partial charge in [0.05, 0.1) is 17.3 Å². The standard InChI is InChI=1S/C24H18F5N3O/c1-32-19(4-5-31-32)14-3-2-13(17-9-24(28,29)23(33)21(14)17)15-8-18(26)22(27)16-7-12(25)6-11(10-30)20(15)16/h2-7,15,18,22-23,33H,8-9H2,1H3/t15-,18+,22-,23+/m1/s1. The number of benzene rings is 2. The molecule has 0 fully saturated rings. The highest BCUT2D eigenvalue weighted by atomic mass is 19.3. The van der Waals surface area contributed by atoms with Crippen LogP contribution in [0.1, 0.15) is 58.0 Å². The fourth-order valence-corrected chi connectivity index (χ4v) is 5.21. The molecule has 4 atom stereocenters. The fraction of sp³-hybridized carbons (Fsp3) is 0.333. The zero-order chi connectivity index (χ0) is 23.7. The van der Waals surface area contributed by atoms with Crippen LogP contribution in [0.4, 0.5) is 22.0 Å². The van der Waals surface area contributed by atoms with Gasteiger partial charge in [0.1, 0.15) is 18.1 Å². The molecular formula is C24H18F5N3O. The minimum atomic E-state index is -3.47. The second-order valence-electron chi connectivity index (χ2n) is 8.55. The lowest BCUT2D eigenvalue weighted by atomic mass is 9.73. The van der Waals surface area contributed by atoms with Gasteiger partial charge in [0, 0.05) is 31.1 Å². The molecule has 2 aromatic carbocycles. The van der Waals surface area contributed by atoms with Gasteiger partial charge in [0.25, 0.3) is 5.92 Å². The molecule has 1 N–H and O–H groups in total. The van der Waals surface area contributed by atoms with Crippen LogP contribution in [-0.4, -0.2) is 27.0 Å². The molecule has 0 unspecified atom stereocenters.